The van der Waals surface area contributed by atoms with Crippen LogP contribution >= 0.6 is 0 Å². The Hall–Kier alpha value is -2.97. The largest absolute Gasteiger partial charge is 0.491 e. The lowest BCUT2D eigenvalue weighted by atomic mass is 10.2. The van der Waals surface area contributed by atoms with Gasteiger partial charge in [-0.05, 0) is 56.7 Å². The highest BCUT2D eigenvalue weighted by Gasteiger charge is 2.16. The summed E-state index contributed by atoms with van der Waals surface area (Å²) in [4.78, 5) is 16.7. The highest BCUT2D eigenvalue weighted by atomic mass is 32.2. The van der Waals surface area contributed by atoms with Crippen molar-refractivity contribution in [3.63, 3.8) is 0 Å². The molecule has 30 heavy (non-hydrogen) atoms. The smallest absolute Gasteiger partial charge is 0.251 e. The van der Waals surface area contributed by atoms with Crippen molar-refractivity contribution in [3.05, 3.63) is 66.4 Å². The van der Waals surface area contributed by atoms with Gasteiger partial charge in [-0.15, -0.1) is 0 Å². The second-order valence-corrected chi connectivity index (χ2v) is 8.80. The van der Waals surface area contributed by atoms with Crippen LogP contribution in [0.15, 0.2) is 65.7 Å². The fraction of sp³-hybridized carbons (Fsp3) is 0.273. The molecule has 0 spiro atoms. The van der Waals surface area contributed by atoms with E-state index < -0.39 is 10.0 Å². The van der Waals surface area contributed by atoms with Gasteiger partial charge in [-0.1, -0.05) is 18.2 Å². The van der Waals surface area contributed by atoms with Crippen LogP contribution in [0, 0.1) is 0 Å². The number of para-hydroxylation sites is 1. The zero-order valence-corrected chi connectivity index (χ0v) is 17.8. The van der Waals surface area contributed by atoms with E-state index in [2.05, 4.69) is 15.0 Å². The number of carbonyl (C=O) groups is 1. The number of pyridine rings is 1. The minimum Gasteiger partial charge on any atom is -0.491 e. The maximum absolute atomic E-state index is 12.3. The lowest BCUT2D eigenvalue weighted by Gasteiger charge is -2.11. The zero-order chi connectivity index (χ0) is 21.6. The molecule has 158 valence electrons. The standard InChI is InChI=1S/C22H25N3O4S/c1-16(2)25-30(27,28)19-11-9-18(10-12-19)22(26)24-14-5-15-29-20-8-3-6-17-7-4-13-23-21(17)20/h3-4,6-13,16,25H,5,14-15H2,1-2H3,(H,24,26). The molecule has 0 unspecified atom stereocenters. The molecule has 0 radical (unpaired) electrons. The van der Waals surface area contributed by atoms with E-state index in [0.29, 0.717) is 30.9 Å². The lowest BCUT2D eigenvalue weighted by Crippen LogP contribution is -2.30. The van der Waals surface area contributed by atoms with Crippen LogP contribution in [-0.2, 0) is 10.0 Å². The first-order chi connectivity index (χ1) is 14.4. The molecule has 7 nitrogen and oxygen atoms in total. The van der Waals surface area contributed by atoms with Gasteiger partial charge in [-0.25, -0.2) is 13.1 Å². The van der Waals surface area contributed by atoms with Gasteiger partial charge in [0.05, 0.1) is 11.5 Å². The molecule has 0 aliphatic rings. The second kappa shape index (κ2) is 9.69. The summed E-state index contributed by atoms with van der Waals surface area (Å²) in [6.07, 6.45) is 2.35. The van der Waals surface area contributed by atoms with Gasteiger partial charge in [0.1, 0.15) is 11.3 Å². The number of amides is 1. The molecule has 1 amide bonds. The summed E-state index contributed by atoms with van der Waals surface area (Å²) in [5.74, 6) is 0.453. The number of carbonyl (C=O) groups excluding carboxylic acids is 1. The second-order valence-electron chi connectivity index (χ2n) is 7.09. The number of nitrogens with zero attached hydrogens (tertiary/aromatic N) is 1. The summed E-state index contributed by atoms with van der Waals surface area (Å²) in [7, 11) is -3.57. The van der Waals surface area contributed by atoms with Crippen molar-refractivity contribution in [1.82, 2.24) is 15.0 Å². The van der Waals surface area contributed by atoms with Crippen molar-refractivity contribution >= 4 is 26.8 Å². The molecule has 0 aliphatic heterocycles. The zero-order valence-electron chi connectivity index (χ0n) is 17.0. The Balaban J connectivity index is 1.48. The fourth-order valence-electron chi connectivity index (χ4n) is 2.91. The third kappa shape index (κ3) is 5.55. The Bertz CT molecular complexity index is 1110. The number of ether oxygens (including phenoxy) is 1. The Labute approximate surface area is 176 Å². The number of nitrogens with one attached hydrogen (secondary N) is 2. The van der Waals surface area contributed by atoms with E-state index >= 15 is 0 Å². The molecule has 0 bridgehead atoms. The summed E-state index contributed by atoms with van der Waals surface area (Å²) in [6.45, 7) is 4.37. The summed E-state index contributed by atoms with van der Waals surface area (Å²) < 4.78 is 32.6. The number of fused-ring (bicyclic) bond motifs is 1. The number of hydrogen-bond donors (Lipinski definition) is 2. The molecular weight excluding hydrogens is 402 g/mol. The topological polar surface area (TPSA) is 97.4 Å². The van der Waals surface area contributed by atoms with Crippen LogP contribution in [0.4, 0.5) is 0 Å². The lowest BCUT2D eigenvalue weighted by molar-refractivity contribution is 0.0951. The van der Waals surface area contributed by atoms with Crippen LogP contribution in [0.2, 0.25) is 0 Å². The molecule has 0 saturated heterocycles. The Kier molecular flexibility index (Phi) is 7.02. The summed E-state index contributed by atoms with van der Waals surface area (Å²) in [6, 6.07) is 15.3. The van der Waals surface area contributed by atoms with E-state index in [1.54, 1.807) is 20.0 Å². The number of hydrogen-bond acceptors (Lipinski definition) is 5. The molecule has 1 aromatic heterocycles. The predicted molar refractivity (Wildman–Crippen MR) is 116 cm³/mol. The Morgan fingerprint density at radius 1 is 1.07 bits per heavy atom. The molecule has 0 atom stereocenters. The van der Waals surface area contributed by atoms with E-state index in [0.717, 1.165) is 10.9 Å². The molecule has 0 fully saturated rings. The first kappa shape index (κ1) is 21.7. The quantitative estimate of drug-likeness (QED) is 0.512. The maximum Gasteiger partial charge on any atom is 0.251 e. The summed E-state index contributed by atoms with van der Waals surface area (Å²) >= 11 is 0. The van der Waals surface area contributed by atoms with Gasteiger partial charge in [0.25, 0.3) is 5.91 Å². The highest BCUT2D eigenvalue weighted by molar-refractivity contribution is 7.89. The van der Waals surface area contributed by atoms with Crippen molar-refractivity contribution in [1.29, 1.82) is 0 Å². The minimum absolute atomic E-state index is 0.129. The first-order valence-corrected chi connectivity index (χ1v) is 11.2. The van der Waals surface area contributed by atoms with Gasteiger partial charge >= 0.3 is 0 Å². The third-order valence-corrected chi connectivity index (χ3v) is 5.95. The van der Waals surface area contributed by atoms with Gasteiger partial charge in [0, 0.05) is 29.7 Å². The normalized spacial score (nSPS) is 11.6. The van der Waals surface area contributed by atoms with Gasteiger partial charge in [0.15, 0.2) is 0 Å². The van der Waals surface area contributed by atoms with Crippen molar-refractivity contribution in [2.45, 2.75) is 31.2 Å². The molecule has 2 N–H and O–H groups in total. The van der Waals surface area contributed by atoms with E-state index in [-0.39, 0.29) is 16.8 Å². The van der Waals surface area contributed by atoms with Gasteiger partial charge in [-0.2, -0.15) is 0 Å². The van der Waals surface area contributed by atoms with Gasteiger partial charge < -0.3 is 10.1 Å². The molecule has 3 rings (SSSR count). The number of rotatable bonds is 9. The van der Waals surface area contributed by atoms with Crippen molar-refractivity contribution in [2.24, 2.45) is 0 Å². The Morgan fingerprint density at radius 3 is 2.53 bits per heavy atom. The number of aromatic nitrogens is 1. The van der Waals surface area contributed by atoms with Crippen LogP contribution in [0.1, 0.15) is 30.6 Å². The summed E-state index contributed by atoms with van der Waals surface area (Å²) in [5, 5.41) is 3.82. The Morgan fingerprint density at radius 2 is 1.80 bits per heavy atom. The third-order valence-electron chi connectivity index (χ3n) is 4.28. The molecule has 1 heterocycles. The average Bonchev–Trinajstić information content (AvgIpc) is 2.72. The van der Waals surface area contributed by atoms with Crippen LogP contribution in [-0.4, -0.2) is 38.5 Å². The van der Waals surface area contributed by atoms with Gasteiger partial charge in [-0.3, -0.25) is 9.78 Å². The molecule has 0 aliphatic carbocycles. The molecule has 8 heteroatoms. The van der Waals surface area contributed by atoms with E-state index in [9.17, 15) is 13.2 Å². The van der Waals surface area contributed by atoms with E-state index in [4.69, 9.17) is 4.74 Å². The SMILES string of the molecule is CC(C)NS(=O)(=O)c1ccc(C(=O)NCCCOc2cccc3cccnc23)cc1. The highest BCUT2D eigenvalue weighted by Crippen LogP contribution is 2.22. The fourth-order valence-corrected chi connectivity index (χ4v) is 4.17. The minimum atomic E-state index is -3.57. The van der Waals surface area contributed by atoms with Crippen molar-refractivity contribution < 1.29 is 17.9 Å². The van der Waals surface area contributed by atoms with Gasteiger partial charge in [0.2, 0.25) is 10.0 Å². The van der Waals surface area contributed by atoms with E-state index in [1.807, 2.05) is 30.3 Å². The number of benzene rings is 2. The van der Waals surface area contributed by atoms with Crippen LogP contribution in [0.3, 0.4) is 0 Å². The molecule has 3 aromatic rings. The monoisotopic (exact) mass is 427 g/mol. The molecule has 2 aromatic carbocycles. The van der Waals surface area contributed by atoms with E-state index in [1.165, 1.54) is 24.3 Å². The maximum atomic E-state index is 12.3. The van der Waals surface area contributed by atoms with Crippen molar-refractivity contribution in [2.75, 3.05) is 13.2 Å². The number of sulfonamides is 1. The van der Waals surface area contributed by atoms with Crippen LogP contribution < -0.4 is 14.8 Å². The summed E-state index contributed by atoms with van der Waals surface area (Å²) in [5.41, 5.74) is 1.21. The predicted octanol–water partition coefficient (Wildman–Crippen LogP) is 3.12. The molecule has 0 saturated carbocycles. The average molecular weight is 428 g/mol. The van der Waals surface area contributed by atoms with Crippen LogP contribution in [0.5, 0.6) is 5.75 Å². The first-order valence-electron chi connectivity index (χ1n) is 9.74. The molecular formula is C22H25N3O4S. The van der Waals surface area contributed by atoms with Crippen molar-refractivity contribution in [3.8, 4) is 5.75 Å². The van der Waals surface area contributed by atoms with Crippen LogP contribution in [0.25, 0.3) is 10.9 Å².